The smallest absolute Gasteiger partial charge is 0.342 e. The van der Waals surface area contributed by atoms with E-state index in [0.717, 1.165) is 30.3 Å². The predicted molar refractivity (Wildman–Crippen MR) is 84.9 cm³/mol. The highest BCUT2D eigenvalue weighted by molar-refractivity contribution is 5.97. The van der Waals surface area contributed by atoms with Crippen LogP contribution in [0.4, 0.5) is 20.2 Å². The van der Waals surface area contributed by atoms with Crippen LogP contribution in [-0.4, -0.2) is 30.5 Å². The molecule has 0 heterocycles. The first kappa shape index (κ1) is 18.8. The maximum Gasteiger partial charge on any atom is 0.342 e. The Bertz CT molecular complexity index is 872. The Morgan fingerprint density at radius 2 is 1.92 bits per heavy atom. The second-order valence-corrected chi connectivity index (χ2v) is 4.89. The lowest BCUT2D eigenvalue weighted by Gasteiger charge is -2.09. The molecule has 0 atom stereocenters. The van der Waals surface area contributed by atoms with E-state index >= 15 is 0 Å². The molecule has 0 aliphatic carbocycles. The molecule has 0 fully saturated rings. The molecule has 0 aromatic heterocycles. The Morgan fingerprint density at radius 3 is 2.58 bits per heavy atom. The molecule has 2 rings (SSSR count). The number of amides is 1. The molecule has 1 N–H and O–H groups in total. The monoisotopic (exact) mass is 366 g/mol. The van der Waals surface area contributed by atoms with E-state index in [4.69, 9.17) is 9.47 Å². The van der Waals surface area contributed by atoms with Gasteiger partial charge >= 0.3 is 5.97 Å². The topological polar surface area (TPSA) is 108 Å². The zero-order valence-corrected chi connectivity index (χ0v) is 13.3. The van der Waals surface area contributed by atoms with Crippen molar-refractivity contribution >= 4 is 23.3 Å². The van der Waals surface area contributed by atoms with Gasteiger partial charge in [0, 0.05) is 18.2 Å². The van der Waals surface area contributed by atoms with Gasteiger partial charge in [0.25, 0.3) is 11.6 Å². The summed E-state index contributed by atoms with van der Waals surface area (Å²) in [6.45, 7) is -0.819. The number of rotatable bonds is 6. The number of anilines is 1. The molecule has 10 heteroatoms. The summed E-state index contributed by atoms with van der Waals surface area (Å²) < 4.78 is 36.1. The normalized spacial score (nSPS) is 10.1. The summed E-state index contributed by atoms with van der Waals surface area (Å²) >= 11 is 0. The zero-order valence-electron chi connectivity index (χ0n) is 13.3. The summed E-state index contributed by atoms with van der Waals surface area (Å²) in [5.41, 5.74) is -1.05. The lowest BCUT2D eigenvalue weighted by atomic mass is 10.2. The molecular formula is C16H12F2N2O6. The number of benzene rings is 2. The number of halogens is 2. The summed E-state index contributed by atoms with van der Waals surface area (Å²) in [5, 5.41) is 12.8. The van der Waals surface area contributed by atoms with E-state index < -0.39 is 40.7 Å². The van der Waals surface area contributed by atoms with Gasteiger partial charge in [0.1, 0.15) is 22.9 Å². The largest absolute Gasteiger partial charge is 0.496 e. The fraction of sp³-hybridized carbons (Fsp3) is 0.125. The molecule has 0 unspecified atom stereocenters. The Morgan fingerprint density at radius 1 is 1.19 bits per heavy atom. The van der Waals surface area contributed by atoms with Crippen molar-refractivity contribution in [2.24, 2.45) is 0 Å². The molecular weight excluding hydrogens is 354 g/mol. The van der Waals surface area contributed by atoms with Gasteiger partial charge in [-0.05, 0) is 18.2 Å². The summed E-state index contributed by atoms with van der Waals surface area (Å²) in [6.07, 6.45) is 0. The molecule has 0 saturated carbocycles. The Hall–Kier alpha value is -3.56. The van der Waals surface area contributed by atoms with Crippen LogP contribution in [0.2, 0.25) is 0 Å². The molecule has 0 bridgehead atoms. The molecule has 0 aliphatic rings. The standard InChI is InChI=1S/C16H12F2N2O6/c1-25-14-5-3-10(20(23)24)7-11(14)16(22)26-8-15(21)19-13-6-9(17)2-4-12(13)18/h2-7H,8H2,1H3,(H,19,21). The van der Waals surface area contributed by atoms with E-state index in [1.807, 2.05) is 5.32 Å². The molecule has 0 saturated heterocycles. The highest BCUT2D eigenvalue weighted by atomic mass is 19.1. The van der Waals surface area contributed by atoms with Crippen molar-refractivity contribution in [3.63, 3.8) is 0 Å². The predicted octanol–water partition coefficient (Wildman–Crippen LogP) is 2.68. The molecule has 2 aromatic carbocycles. The number of non-ortho nitro benzene ring substituents is 1. The van der Waals surface area contributed by atoms with Gasteiger partial charge in [-0.2, -0.15) is 0 Å². The minimum atomic E-state index is -1.06. The number of hydrogen-bond acceptors (Lipinski definition) is 6. The summed E-state index contributed by atoms with van der Waals surface area (Å²) in [7, 11) is 1.25. The number of nitrogens with one attached hydrogen (secondary N) is 1. The first-order valence-corrected chi connectivity index (χ1v) is 7.06. The maximum atomic E-state index is 13.4. The lowest BCUT2D eigenvalue weighted by Crippen LogP contribution is -2.21. The molecule has 136 valence electrons. The number of carbonyl (C=O) groups excluding carboxylic acids is 2. The van der Waals surface area contributed by atoms with E-state index in [0.29, 0.717) is 0 Å². The fourth-order valence-electron chi connectivity index (χ4n) is 1.96. The summed E-state index contributed by atoms with van der Waals surface area (Å²) in [4.78, 5) is 33.8. The minimum absolute atomic E-state index is 0.0113. The van der Waals surface area contributed by atoms with Crippen LogP contribution in [-0.2, 0) is 9.53 Å². The van der Waals surface area contributed by atoms with Gasteiger partial charge in [-0.1, -0.05) is 0 Å². The minimum Gasteiger partial charge on any atom is -0.496 e. The van der Waals surface area contributed by atoms with Crippen molar-refractivity contribution < 1.29 is 32.8 Å². The van der Waals surface area contributed by atoms with Crippen molar-refractivity contribution in [1.82, 2.24) is 0 Å². The Labute approximate surface area is 145 Å². The van der Waals surface area contributed by atoms with Gasteiger partial charge in [0.15, 0.2) is 6.61 Å². The van der Waals surface area contributed by atoms with Gasteiger partial charge in [0.05, 0.1) is 17.7 Å². The molecule has 26 heavy (non-hydrogen) atoms. The highest BCUT2D eigenvalue weighted by Gasteiger charge is 2.20. The van der Waals surface area contributed by atoms with E-state index in [1.54, 1.807) is 0 Å². The van der Waals surface area contributed by atoms with Crippen LogP contribution in [0.15, 0.2) is 36.4 Å². The number of nitro benzene ring substituents is 1. The van der Waals surface area contributed by atoms with Crippen LogP contribution in [0.1, 0.15) is 10.4 Å². The van der Waals surface area contributed by atoms with E-state index in [2.05, 4.69) is 0 Å². The van der Waals surface area contributed by atoms with Crippen molar-refractivity contribution in [3.05, 3.63) is 63.7 Å². The molecule has 2 aromatic rings. The summed E-state index contributed by atoms with van der Waals surface area (Å²) in [6, 6.07) is 5.74. The zero-order chi connectivity index (χ0) is 19.3. The second-order valence-electron chi connectivity index (χ2n) is 4.89. The van der Waals surface area contributed by atoms with Crippen LogP contribution < -0.4 is 10.1 Å². The van der Waals surface area contributed by atoms with Gasteiger partial charge in [-0.15, -0.1) is 0 Å². The fourth-order valence-corrected chi connectivity index (χ4v) is 1.96. The van der Waals surface area contributed by atoms with Crippen LogP contribution in [0, 0.1) is 21.7 Å². The second kappa shape index (κ2) is 8.01. The number of nitro groups is 1. The Kier molecular flexibility index (Phi) is 5.78. The van der Waals surface area contributed by atoms with Crippen molar-refractivity contribution in [2.45, 2.75) is 0 Å². The lowest BCUT2D eigenvalue weighted by molar-refractivity contribution is -0.384. The molecule has 0 spiro atoms. The van der Waals surface area contributed by atoms with Crippen LogP contribution >= 0.6 is 0 Å². The highest BCUT2D eigenvalue weighted by Crippen LogP contribution is 2.24. The SMILES string of the molecule is COc1ccc([N+](=O)[O-])cc1C(=O)OCC(=O)Nc1cc(F)ccc1F. The third kappa shape index (κ3) is 4.50. The van der Waals surface area contributed by atoms with Gasteiger partial charge < -0.3 is 14.8 Å². The number of ether oxygens (including phenoxy) is 2. The first-order valence-electron chi connectivity index (χ1n) is 7.06. The van der Waals surface area contributed by atoms with E-state index in [1.165, 1.54) is 13.2 Å². The van der Waals surface area contributed by atoms with E-state index in [9.17, 15) is 28.5 Å². The van der Waals surface area contributed by atoms with Gasteiger partial charge in [0.2, 0.25) is 0 Å². The number of hydrogen-bond donors (Lipinski definition) is 1. The third-order valence-corrected chi connectivity index (χ3v) is 3.15. The van der Waals surface area contributed by atoms with E-state index in [-0.39, 0.29) is 17.0 Å². The quantitative estimate of drug-likeness (QED) is 0.478. The molecule has 8 nitrogen and oxygen atoms in total. The number of esters is 1. The summed E-state index contributed by atoms with van der Waals surface area (Å²) in [5.74, 6) is -3.60. The van der Waals surface area contributed by atoms with Crippen LogP contribution in [0.25, 0.3) is 0 Å². The van der Waals surface area contributed by atoms with Gasteiger partial charge in [-0.25, -0.2) is 13.6 Å². The molecule has 0 aliphatic heterocycles. The van der Waals surface area contributed by atoms with Crippen molar-refractivity contribution in [3.8, 4) is 5.75 Å². The maximum absolute atomic E-state index is 13.4. The van der Waals surface area contributed by atoms with Crippen molar-refractivity contribution in [2.75, 3.05) is 19.0 Å². The first-order chi connectivity index (χ1) is 12.3. The Balaban J connectivity index is 2.06. The van der Waals surface area contributed by atoms with Crippen LogP contribution in [0.3, 0.4) is 0 Å². The van der Waals surface area contributed by atoms with Gasteiger partial charge in [-0.3, -0.25) is 14.9 Å². The average Bonchev–Trinajstić information content (AvgIpc) is 2.62. The third-order valence-electron chi connectivity index (χ3n) is 3.15. The average molecular weight is 366 g/mol. The van der Waals surface area contributed by atoms with Crippen LogP contribution in [0.5, 0.6) is 5.75 Å². The molecule has 1 amide bonds. The number of nitrogens with zero attached hydrogens (tertiary/aromatic N) is 1. The number of methoxy groups -OCH3 is 1. The molecule has 0 radical (unpaired) electrons. The number of carbonyl (C=O) groups is 2. The van der Waals surface area contributed by atoms with Crippen molar-refractivity contribution in [1.29, 1.82) is 0 Å².